The van der Waals surface area contributed by atoms with E-state index in [9.17, 15) is 9.59 Å². The topological polar surface area (TPSA) is 119 Å². The van der Waals surface area contributed by atoms with Gasteiger partial charge in [-0.3, -0.25) is 10.2 Å². The number of hydrogen-bond donors (Lipinski definition) is 3. The zero-order chi connectivity index (χ0) is 22.8. The summed E-state index contributed by atoms with van der Waals surface area (Å²) in [5.74, 6) is -0.672. The van der Waals surface area contributed by atoms with E-state index in [2.05, 4.69) is 5.48 Å². The maximum Gasteiger partial charge on any atom is 0.364 e. The lowest BCUT2D eigenvalue weighted by atomic mass is 9.96. The van der Waals surface area contributed by atoms with Gasteiger partial charge in [0.2, 0.25) is 0 Å². The fourth-order valence-electron chi connectivity index (χ4n) is 3.80. The summed E-state index contributed by atoms with van der Waals surface area (Å²) in [6.45, 7) is 4.09. The third-order valence-electron chi connectivity index (χ3n) is 5.71. The van der Waals surface area contributed by atoms with Crippen molar-refractivity contribution in [1.29, 1.82) is 5.41 Å². The van der Waals surface area contributed by atoms with E-state index in [4.69, 9.17) is 20.7 Å². The van der Waals surface area contributed by atoms with Crippen molar-refractivity contribution in [2.75, 3.05) is 6.61 Å². The monoisotopic (exact) mass is 432 g/mol. The third kappa shape index (κ3) is 4.07. The van der Waals surface area contributed by atoms with Crippen LogP contribution in [-0.2, 0) is 9.63 Å². The van der Waals surface area contributed by atoms with Gasteiger partial charge in [-0.1, -0.05) is 18.2 Å². The molecule has 2 aromatic carbocycles. The minimum Gasteiger partial charge on any atom is -0.493 e. The van der Waals surface area contributed by atoms with Crippen molar-refractivity contribution in [1.82, 2.24) is 10.0 Å². The van der Waals surface area contributed by atoms with E-state index in [1.54, 1.807) is 24.4 Å². The maximum absolute atomic E-state index is 12.6. The Labute approximate surface area is 185 Å². The summed E-state index contributed by atoms with van der Waals surface area (Å²) < 4.78 is 7.52. The van der Waals surface area contributed by atoms with Crippen LogP contribution in [0.1, 0.15) is 45.1 Å². The molecule has 164 valence electrons. The molecule has 1 atom stereocenters. The Balaban J connectivity index is 1.40. The van der Waals surface area contributed by atoms with Gasteiger partial charge in [-0.15, -0.1) is 0 Å². The standard InChI is InChI=1S/C24H24N4O4/c1-14-15(2)28(18-6-4-3-5-7-18)12-20(14)24(30)32-27-22(29)11-17-13-31-21-9-8-16(23(25)26)10-19(17)21/h3-10,12,17H,11,13H2,1-2H3,(H3,25,26)(H,27,29). The number of aromatic nitrogens is 1. The lowest BCUT2D eigenvalue weighted by Crippen LogP contribution is -2.28. The number of carbonyl (C=O) groups is 2. The van der Waals surface area contributed by atoms with Crippen molar-refractivity contribution < 1.29 is 19.2 Å². The molecule has 0 radical (unpaired) electrons. The van der Waals surface area contributed by atoms with E-state index in [1.807, 2.05) is 48.7 Å². The summed E-state index contributed by atoms with van der Waals surface area (Å²) in [5.41, 5.74) is 12.2. The quantitative estimate of drug-likeness (QED) is 0.325. The van der Waals surface area contributed by atoms with Gasteiger partial charge < -0.3 is 19.9 Å². The van der Waals surface area contributed by atoms with Crippen LogP contribution in [0.4, 0.5) is 0 Å². The molecule has 0 aliphatic carbocycles. The van der Waals surface area contributed by atoms with Gasteiger partial charge in [0.15, 0.2) is 0 Å². The molecule has 8 nitrogen and oxygen atoms in total. The van der Waals surface area contributed by atoms with Gasteiger partial charge in [0.25, 0.3) is 5.91 Å². The highest BCUT2D eigenvalue weighted by Gasteiger charge is 2.28. The highest BCUT2D eigenvalue weighted by Crippen LogP contribution is 2.36. The van der Waals surface area contributed by atoms with Gasteiger partial charge in [-0.25, -0.2) is 4.79 Å². The van der Waals surface area contributed by atoms with Crippen LogP contribution in [0.3, 0.4) is 0 Å². The summed E-state index contributed by atoms with van der Waals surface area (Å²) in [7, 11) is 0. The van der Waals surface area contributed by atoms with E-state index in [0.29, 0.717) is 23.5 Å². The fourth-order valence-corrected chi connectivity index (χ4v) is 3.80. The molecule has 0 saturated heterocycles. The molecule has 0 spiro atoms. The first-order valence-electron chi connectivity index (χ1n) is 10.2. The number of nitrogens with zero attached hydrogens (tertiary/aromatic N) is 1. The molecule has 32 heavy (non-hydrogen) atoms. The molecule has 0 saturated carbocycles. The molecular formula is C24H24N4O4. The molecule has 1 aromatic heterocycles. The van der Waals surface area contributed by atoms with Crippen molar-refractivity contribution in [3.05, 3.63) is 82.7 Å². The number of nitrogens with one attached hydrogen (secondary N) is 2. The van der Waals surface area contributed by atoms with E-state index in [1.165, 1.54) is 0 Å². The number of para-hydroxylation sites is 1. The number of amides is 1. The third-order valence-corrected chi connectivity index (χ3v) is 5.71. The Kier molecular flexibility index (Phi) is 5.68. The van der Waals surface area contributed by atoms with Crippen LogP contribution in [0.5, 0.6) is 5.75 Å². The first-order chi connectivity index (χ1) is 15.3. The molecule has 4 N–H and O–H groups in total. The predicted octanol–water partition coefficient (Wildman–Crippen LogP) is 3.13. The van der Waals surface area contributed by atoms with E-state index < -0.39 is 11.9 Å². The minimum absolute atomic E-state index is 0.0510. The summed E-state index contributed by atoms with van der Waals surface area (Å²) in [6.07, 6.45) is 1.78. The number of benzene rings is 2. The van der Waals surface area contributed by atoms with Crippen molar-refractivity contribution in [3.63, 3.8) is 0 Å². The summed E-state index contributed by atoms with van der Waals surface area (Å²) in [5, 5.41) is 7.59. The molecule has 1 amide bonds. The van der Waals surface area contributed by atoms with Crippen molar-refractivity contribution >= 4 is 17.7 Å². The van der Waals surface area contributed by atoms with Gasteiger partial charge in [-0.2, -0.15) is 5.48 Å². The molecule has 4 rings (SSSR count). The van der Waals surface area contributed by atoms with Crippen LogP contribution in [0.25, 0.3) is 5.69 Å². The molecule has 1 aliphatic heterocycles. The van der Waals surface area contributed by atoms with Crippen LogP contribution in [0.15, 0.2) is 54.7 Å². The highest BCUT2D eigenvalue weighted by atomic mass is 16.7. The number of ether oxygens (including phenoxy) is 1. The first-order valence-corrected chi connectivity index (χ1v) is 10.2. The fraction of sp³-hybridized carbons (Fsp3) is 0.208. The van der Waals surface area contributed by atoms with E-state index in [0.717, 1.165) is 22.5 Å². The molecule has 0 fully saturated rings. The number of hydrogen-bond acceptors (Lipinski definition) is 5. The molecular weight excluding hydrogens is 408 g/mol. The number of hydroxylamine groups is 1. The predicted molar refractivity (Wildman–Crippen MR) is 119 cm³/mol. The zero-order valence-corrected chi connectivity index (χ0v) is 17.8. The number of nitrogens with two attached hydrogens (primary N) is 1. The van der Waals surface area contributed by atoms with Gasteiger partial charge >= 0.3 is 5.97 Å². The number of fused-ring (bicyclic) bond motifs is 1. The average molecular weight is 432 g/mol. The van der Waals surface area contributed by atoms with Crippen molar-refractivity contribution in [2.24, 2.45) is 5.73 Å². The summed E-state index contributed by atoms with van der Waals surface area (Å²) >= 11 is 0. The Bertz CT molecular complexity index is 1200. The molecule has 1 aliphatic rings. The molecule has 2 heterocycles. The van der Waals surface area contributed by atoms with Crippen LogP contribution < -0.4 is 16.0 Å². The Hall–Kier alpha value is -4.07. The second-order valence-corrected chi connectivity index (χ2v) is 7.75. The van der Waals surface area contributed by atoms with E-state index >= 15 is 0 Å². The van der Waals surface area contributed by atoms with Gasteiger partial charge in [-0.05, 0) is 49.7 Å². The largest absolute Gasteiger partial charge is 0.493 e. The normalized spacial score (nSPS) is 14.4. The van der Waals surface area contributed by atoms with Crippen LogP contribution in [0.2, 0.25) is 0 Å². The van der Waals surface area contributed by atoms with Crippen LogP contribution >= 0.6 is 0 Å². The minimum atomic E-state index is -0.629. The first kappa shape index (κ1) is 21.2. The number of nitrogen functional groups attached to an aromatic ring is 1. The summed E-state index contributed by atoms with van der Waals surface area (Å²) in [4.78, 5) is 30.1. The highest BCUT2D eigenvalue weighted by molar-refractivity contribution is 5.95. The number of rotatable bonds is 5. The van der Waals surface area contributed by atoms with Gasteiger partial charge in [0.1, 0.15) is 11.6 Å². The Morgan fingerprint density at radius 3 is 2.69 bits per heavy atom. The molecule has 0 bridgehead atoms. The Morgan fingerprint density at radius 1 is 1.22 bits per heavy atom. The van der Waals surface area contributed by atoms with Crippen LogP contribution in [0, 0.1) is 19.3 Å². The zero-order valence-electron chi connectivity index (χ0n) is 17.8. The maximum atomic E-state index is 12.6. The van der Waals surface area contributed by atoms with Crippen LogP contribution in [-0.4, -0.2) is 28.9 Å². The molecule has 1 unspecified atom stereocenters. The lowest BCUT2D eigenvalue weighted by Gasteiger charge is -2.10. The number of amidine groups is 1. The van der Waals surface area contributed by atoms with E-state index in [-0.39, 0.29) is 18.2 Å². The lowest BCUT2D eigenvalue weighted by molar-refractivity contribution is -0.130. The van der Waals surface area contributed by atoms with Gasteiger partial charge in [0.05, 0.1) is 12.2 Å². The second kappa shape index (κ2) is 8.58. The Morgan fingerprint density at radius 2 is 1.97 bits per heavy atom. The number of carbonyl (C=O) groups excluding carboxylic acids is 2. The SMILES string of the molecule is Cc1c(C(=O)ONC(=O)CC2COc3ccc(C(=N)N)cc32)cn(-c2ccccc2)c1C. The van der Waals surface area contributed by atoms with Gasteiger partial charge in [0, 0.05) is 41.0 Å². The smallest absolute Gasteiger partial charge is 0.364 e. The van der Waals surface area contributed by atoms with Crippen molar-refractivity contribution in [2.45, 2.75) is 26.2 Å². The average Bonchev–Trinajstić information content (AvgIpc) is 3.33. The van der Waals surface area contributed by atoms with Crippen molar-refractivity contribution in [3.8, 4) is 11.4 Å². The molecule has 8 heteroatoms. The molecule has 3 aromatic rings. The summed E-state index contributed by atoms with van der Waals surface area (Å²) in [6, 6.07) is 14.9. The second-order valence-electron chi connectivity index (χ2n) is 7.75.